The number of H-pyrrole nitrogens is 1. The van der Waals surface area contributed by atoms with Crippen molar-refractivity contribution in [1.82, 2.24) is 20.5 Å². The number of ether oxygens (including phenoxy) is 2. The van der Waals surface area contributed by atoms with E-state index in [0.717, 1.165) is 12.1 Å². The van der Waals surface area contributed by atoms with Gasteiger partial charge in [0.05, 0.1) is 31.9 Å². The molecule has 0 saturated carbocycles. The second kappa shape index (κ2) is 8.99. The smallest absolute Gasteiger partial charge is 0.254 e. The Morgan fingerprint density at radius 2 is 1.90 bits per heavy atom. The van der Waals surface area contributed by atoms with E-state index in [1.54, 1.807) is 18.2 Å². The van der Waals surface area contributed by atoms with Crippen molar-refractivity contribution in [2.24, 2.45) is 0 Å². The lowest BCUT2D eigenvalue weighted by Crippen LogP contribution is -2.33. The summed E-state index contributed by atoms with van der Waals surface area (Å²) in [4.78, 5) is 28.1. The second-order valence-electron chi connectivity index (χ2n) is 5.93. The highest BCUT2D eigenvalue weighted by atomic mass is 19.1. The molecule has 3 N–H and O–H groups in total. The number of nitrogens with one attached hydrogen (secondary N) is 3. The molecule has 0 aliphatic carbocycles. The molecule has 0 aliphatic heterocycles. The molecular weight excluding hydrogens is 400 g/mol. The molecule has 2 amide bonds. The Morgan fingerprint density at radius 1 is 1.10 bits per heavy atom. The van der Waals surface area contributed by atoms with Crippen LogP contribution in [-0.2, 0) is 4.79 Å². The minimum Gasteiger partial charge on any atom is -0.497 e. The van der Waals surface area contributed by atoms with Crippen LogP contribution in [0.4, 0.5) is 14.7 Å². The summed E-state index contributed by atoms with van der Waals surface area (Å²) < 4.78 is 36.9. The van der Waals surface area contributed by atoms with Gasteiger partial charge in [-0.15, -0.1) is 5.10 Å². The fourth-order valence-electron chi connectivity index (χ4n) is 2.53. The first-order valence-corrected chi connectivity index (χ1v) is 8.59. The molecule has 156 valence electrons. The lowest BCUT2D eigenvalue weighted by atomic mass is 10.2. The number of rotatable bonds is 7. The number of anilines is 1. The van der Waals surface area contributed by atoms with Crippen molar-refractivity contribution < 1.29 is 27.8 Å². The normalized spacial score (nSPS) is 10.4. The molecule has 3 aromatic rings. The number of aromatic nitrogens is 3. The first kappa shape index (κ1) is 20.7. The Bertz CT molecular complexity index is 1090. The standard InChI is InChI=1S/C19H17F2N5O4/c1-29-11-4-6-13(15(8-11)30-2)17-24-19(26-25-17)23-16(27)9-22-18(28)12-5-3-10(20)7-14(12)21/h3-8H,9H2,1-2H3,(H,22,28)(H2,23,24,25,26,27). The third-order valence-corrected chi connectivity index (χ3v) is 3.99. The topological polar surface area (TPSA) is 118 Å². The summed E-state index contributed by atoms with van der Waals surface area (Å²) in [5.41, 5.74) is 0.211. The van der Waals surface area contributed by atoms with E-state index >= 15 is 0 Å². The number of hydrogen-bond acceptors (Lipinski definition) is 6. The number of carbonyl (C=O) groups is 2. The summed E-state index contributed by atoms with van der Waals surface area (Å²) in [6, 6.07) is 7.60. The minimum atomic E-state index is -1.03. The van der Waals surface area contributed by atoms with E-state index in [4.69, 9.17) is 9.47 Å². The fourth-order valence-corrected chi connectivity index (χ4v) is 2.53. The molecule has 2 aromatic carbocycles. The number of amides is 2. The summed E-state index contributed by atoms with van der Waals surface area (Å²) >= 11 is 0. The maximum absolute atomic E-state index is 13.6. The van der Waals surface area contributed by atoms with E-state index in [2.05, 4.69) is 25.8 Å². The number of halogens is 2. The first-order chi connectivity index (χ1) is 14.4. The van der Waals surface area contributed by atoms with Crippen LogP contribution in [-0.4, -0.2) is 47.8 Å². The molecule has 0 atom stereocenters. The molecular formula is C19H17F2N5O4. The predicted molar refractivity (Wildman–Crippen MR) is 102 cm³/mol. The highest BCUT2D eigenvalue weighted by Crippen LogP contribution is 2.31. The number of hydrogen-bond donors (Lipinski definition) is 3. The zero-order valence-electron chi connectivity index (χ0n) is 16.0. The molecule has 3 rings (SSSR count). The third kappa shape index (κ3) is 4.69. The molecule has 0 radical (unpaired) electrons. The van der Waals surface area contributed by atoms with Gasteiger partial charge in [0.2, 0.25) is 11.9 Å². The van der Waals surface area contributed by atoms with Crippen molar-refractivity contribution in [1.29, 1.82) is 0 Å². The van der Waals surface area contributed by atoms with Crippen molar-refractivity contribution in [2.75, 3.05) is 26.1 Å². The molecule has 0 fully saturated rings. The van der Waals surface area contributed by atoms with Gasteiger partial charge in [-0.3, -0.25) is 20.0 Å². The lowest BCUT2D eigenvalue weighted by Gasteiger charge is -2.08. The zero-order valence-corrected chi connectivity index (χ0v) is 16.0. The van der Waals surface area contributed by atoms with Crippen LogP contribution in [0.2, 0.25) is 0 Å². The van der Waals surface area contributed by atoms with Gasteiger partial charge in [0.1, 0.15) is 23.1 Å². The number of methoxy groups -OCH3 is 2. The average molecular weight is 417 g/mol. The predicted octanol–water partition coefficient (Wildman–Crippen LogP) is 2.14. The Balaban J connectivity index is 1.62. The number of benzene rings is 2. The second-order valence-corrected chi connectivity index (χ2v) is 5.93. The summed E-state index contributed by atoms with van der Waals surface area (Å²) in [7, 11) is 3.02. The summed E-state index contributed by atoms with van der Waals surface area (Å²) in [5, 5.41) is 11.2. The van der Waals surface area contributed by atoms with Gasteiger partial charge in [0, 0.05) is 12.1 Å². The molecule has 11 heteroatoms. The molecule has 9 nitrogen and oxygen atoms in total. The molecule has 0 unspecified atom stereocenters. The minimum absolute atomic E-state index is 0.0323. The van der Waals surface area contributed by atoms with Gasteiger partial charge in [-0.05, 0) is 24.3 Å². The van der Waals surface area contributed by atoms with E-state index in [0.29, 0.717) is 29.0 Å². The maximum Gasteiger partial charge on any atom is 0.254 e. The van der Waals surface area contributed by atoms with Crippen molar-refractivity contribution in [3.8, 4) is 22.9 Å². The highest BCUT2D eigenvalue weighted by Gasteiger charge is 2.16. The van der Waals surface area contributed by atoms with Gasteiger partial charge in [-0.1, -0.05) is 0 Å². The molecule has 0 bridgehead atoms. The van der Waals surface area contributed by atoms with Gasteiger partial charge in [-0.2, -0.15) is 4.98 Å². The number of carbonyl (C=O) groups excluding carboxylic acids is 2. The largest absolute Gasteiger partial charge is 0.497 e. The van der Waals surface area contributed by atoms with Crippen LogP contribution in [0.15, 0.2) is 36.4 Å². The van der Waals surface area contributed by atoms with Crippen molar-refractivity contribution in [3.63, 3.8) is 0 Å². The Kier molecular flexibility index (Phi) is 6.20. The van der Waals surface area contributed by atoms with Crippen LogP contribution < -0.4 is 20.1 Å². The van der Waals surface area contributed by atoms with Crippen LogP contribution in [0.25, 0.3) is 11.4 Å². The summed E-state index contributed by atoms with van der Waals surface area (Å²) in [5.74, 6) is -1.96. The van der Waals surface area contributed by atoms with Crippen LogP contribution in [0, 0.1) is 11.6 Å². The Hall–Kier alpha value is -4.02. The van der Waals surface area contributed by atoms with Crippen molar-refractivity contribution >= 4 is 17.8 Å². The number of aromatic amines is 1. The first-order valence-electron chi connectivity index (χ1n) is 8.59. The molecule has 0 aliphatic rings. The quantitative estimate of drug-likeness (QED) is 0.542. The Morgan fingerprint density at radius 3 is 2.60 bits per heavy atom. The maximum atomic E-state index is 13.6. The van der Waals surface area contributed by atoms with E-state index < -0.39 is 30.0 Å². The van der Waals surface area contributed by atoms with E-state index in [1.807, 2.05) is 0 Å². The lowest BCUT2D eigenvalue weighted by molar-refractivity contribution is -0.115. The highest BCUT2D eigenvalue weighted by molar-refractivity contribution is 5.99. The van der Waals surface area contributed by atoms with Crippen LogP contribution in [0.1, 0.15) is 10.4 Å². The van der Waals surface area contributed by atoms with Crippen LogP contribution in [0.3, 0.4) is 0 Å². The van der Waals surface area contributed by atoms with Gasteiger partial charge in [-0.25, -0.2) is 8.78 Å². The molecule has 0 spiro atoms. The molecule has 0 saturated heterocycles. The van der Waals surface area contributed by atoms with Gasteiger partial charge in [0.15, 0.2) is 5.82 Å². The summed E-state index contributed by atoms with van der Waals surface area (Å²) in [6.45, 7) is -0.467. The fraction of sp³-hybridized carbons (Fsp3) is 0.158. The zero-order chi connectivity index (χ0) is 21.7. The average Bonchev–Trinajstić information content (AvgIpc) is 3.19. The van der Waals surface area contributed by atoms with Crippen LogP contribution >= 0.6 is 0 Å². The van der Waals surface area contributed by atoms with E-state index in [-0.39, 0.29) is 11.5 Å². The summed E-state index contributed by atoms with van der Waals surface area (Å²) in [6.07, 6.45) is 0. The van der Waals surface area contributed by atoms with Gasteiger partial charge >= 0.3 is 0 Å². The SMILES string of the molecule is COc1ccc(-c2nc(NC(=O)CNC(=O)c3ccc(F)cc3F)n[nH]2)c(OC)c1. The Labute approximate surface area is 169 Å². The van der Waals surface area contributed by atoms with Gasteiger partial charge in [0.25, 0.3) is 5.91 Å². The molecule has 1 aromatic heterocycles. The van der Waals surface area contributed by atoms with E-state index in [9.17, 15) is 18.4 Å². The van der Waals surface area contributed by atoms with Crippen molar-refractivity contribution in [2.45, 2.75) is 0 Å². The van der Waals surface area contributed by atoms with Crippen LogP contribution in [0.5, 0.6) is 11.5 Å². The van der Waals surface area contributed by atoms with E-state index in [1.165, 1.54) is 14.2 Å². The van der Waals surface area contributed by atoms with Gasteiger partial charge < -0.3 is 14.8 Å². The third-order valence-electron chi connectivity index (χ3n) is 3.99. The number of nitrogens with zero attached hydrogens (tertiary/aromatic N) is 2. The molecule has 1 heterocycles. The monoisotopic (exact) mass is 417 g/mol. The molecule has 30 heavy (non-hydrogen) atoms. The van der Waals surface area contributed by atoms with Crippen molar-refractivity contribution in [3.05, 3.63) is 53.6 Å².